The van der Waals surface area contributed by atoms with Crippen LogP contribution in [-0.4, -0.2) is 66.8 Å². The van der Waals surface area contributed by atoms with E-state index in [0.717, 1.165) is 63.1 Å². The molecule has 3 heterocycles. The van der Waals surface area contributed by atoms with Crippen molar-refractivity contribution in [2.75, 3.05) is 50.9 Å². The summed E-state index contributed by atoms with van der Waals surface area (Å²) in [5.74, 6) is 1.74. The molecule has 7 nitrogen and oxygen atoms in total. The smallest absolute Gasteiger partial charge is 0.307 e. The first kappa shape index (κ1) is 17.1. The lowest BCUT2D eigenvalue weighted by Crippen LogP contribution is -2.40. The van der Waals surface area contributed by atoms with Crippen molar-refractivity contribution in [2.45, 2.75) is 33.2 Å². The van der Waals surface area contributed by atoms with Crippen LogP contribution in [0.2, 0.25) is 0 Å². The van der Waals surface area contributed by atoms with Gasteiger partial charge in [0, 0.05) is 44.7 Å². The molecule has 0 saturated carbocycles. The van der Waals surface area contributed by atoms with Crippen molar-refractivity contribution in [2.24, 2.45) is 0 Å². The molecule has 0 aliphatic carbocycles. The Labute approximate surface area is 143 Å². The molecule has 0 radical (unpaired) electrons. The van der Waals surface area contributed by atoms with Gasteiger partial charge in [0.25, 0.3) is 0 Å². The first-order chi connectivity index (χ1) is 11.7. The second-order valence-corrected chi connectivity index (χ2v) is 6.20. The van der Waals surface area contributed by atoms with Crippen LogP contribution in [0.5, 0.6) is 0 Å². The number of hydrogen-bond acceptors (Lipinski definition) is 7. The van der Waals surface area contributed by atoms with E-state index in [1.165, 1.54) is 5.56 Å². The zero-order chi connectivity index (χ0) is 16.9. The fraction of sp³-hybridized carbons (Fsp3) is 0.706. The third kappa shape index (κ3) is 4.02. The Hall–Kier alpha value is -1.73. The number of anilines is 1. The quantitative estimate of drug-likeness (QED) is 0.742. The van der Waals surface area contributed by atoms with Crippen LogP contribution in [0.15, 0.2) is 0 Å². The highest BCUT2D eigenvalue weighted by molar-refractivity contribution is 5.69. The number of aromatic nitrogens is 2. The van der Waals surface area contributed by atoms with Crippen molar-refractivity contribution in [3.63, 3.8) is 0 Å². The van der Waals surface area contributed by atoms with Crippen LogP contribution in [0.3, 0.4) is 0 Å². The molecular formula is C17H26N4O3. The summed E-state index contributed by atoms with van der Waals surface area (Å²) >= 11 is 0. The fourth-order valence-electron chi connectivity index (χ4n) is 3.28. The minimum atomic E-state index is -0.128. The summed E-state index contributed by atoms with van der Waals surface area (Å²) in [6, 6.07) is 0. The van der Waals surface area contributed by atoms with Crippen LogP contribution in [0.25, 0.3) is 0 Å². The van der Waals surface area contributed by atoms with E-state index >= 15 is 0 Å². The molecule has 1 aromatic heterocycles. The average molecular weight is 334 g/mol. The Bertz CT molecular complexity index is 587. The number of esters is 1. The van der Waals surface area contributed by atoms with Crippen molar-refractivity contribution >= 4 is 11.8 Å². The highest BCUT2D eigenvalue weighted by Crippen LogP contribution is 2.27. The second kappa shape index (κ2) is 7.90. The number of fused-ring (bicyclic) bond motifs is 1. The normalized spacial score (nSPS) is 18.3. The standard InChI is InChI=1S/C17H26N4O3/c1-3-24-16(22)5-7-20-6-4-15-14(12-20)17(19-13(2)18-15)21-8-10-23-11-9-21/h3-12H2,1-2H3. The highest BCUT2D eigenvalue weighted by Gasteiger charge is 2.25. The average Bonchev–Trinajstić information content (AvgIpc) is 2.60. The maximum absolute atomic E-state index is 11.6. The Morgan fingerprint density at radius 1 is 1.25 bits per heavy atom. The van der Waals surface area contributed by atoms with E-state index in [1.807, 2.05) is 13.8 Å². The lowest BCUT2D eigenvalue weighted by Gasteiger charge is -2.34. The number of morpholine rings is 1. The van der Waals surface area contributed by atoms with Gasteiger partial charge in [0.2, 0.25) is 0 Å². The van der Waals surface area contributed by atoms with E-state index < -0.39 is 0 Å². The molecule has 2 aliphatic heterocycles. The number of carbonyl (C=O) groups is 1. The molecule has 7 heteroatoms. The van der Waals surface area contributed by atoms with Crippen molar-refractivity contribution in [3.05, 3.63) is 17.1 Å². The Morgan fingerprint density at radius 2 is 2.04 bits per heavy atom. The lowest BCUT2D eigenvalue weighted by molar-refractivity contribution is -0.143. The summed E-state index contributed by atoms with van der Waals surface area (Å²) in [6.07, 6.45) is 1.33. The highest BCUT2D eigenvalue weighted by atomic mass is 16.5. The maximum atomic E-state index is 11.6. The van der Waals surface area contributed by atoms with E-state index in [1.54, 1.807) is 0 Å². The van der Waals surface area contributed by atoms with E-state index in [4.69, 9.17) is 14.5 Å². The van der Waals surface area contributed by atoms with Crippen LogP contribution < -0.4 is 4.90 Å². The Balaban J connectivity index is 1.72. The van der Waals surface area contributed by atoms with Crippen LogP contribution in [0.4, 0.5) is 5.82 Å². The van der Waals surface area contributed by atoms with E-state index in [2.05, 4.69) is 14.8 Å². The molecule has 0 spiro atoms. The van der Waals surface area contributed by atoms with Crippen LogP contribution in [0.1, 0.15) is 30.4 Å². The van der Waals surface area contributed by atoms with Gasteiger partial charge < -0.3 is 14.4 Å². The van der Waals surface area contributed by atoms with Gasteiger partial charge in [0.05, 0.1) is 31.9 Å². The van der Waals surface area contributed by atoms with Crippen LogP contribution in [0, 0.1) is 6.92 Å². The van der Waals surface area contributed by atoms with Gasteiger partial charge in [0.15, 0.2) is 0 Å². The van der Waals surface area contributed by atoms with E-state index in [0.29, 0.717) is 19.6 Å². The van der Waals surface area contributed by atoms with Gasteiger partial charge in [-0.15, -0.1) is 0 Å². The fourth-order valence-corrected chi connectivity index (χ4v) is 3.28. The number of aryl methyl sites for hydroxylation is 1. The molecule has 1 aromatic rings. The summed E-state index contributed by atoms with van der Waals surface area (Å²) in [5, 5.41) is 0. The van der Waals surface area contributed by atoms with E-state index in [-0.39, 0.29) is 5.97 Å². The Morgan fingerprint density at radius 3 is 2.79 bits per heavy atom. The first-order valence-corrected chi connectivity index (χ1v) is 8.74. The first-order valence-electron chi connectivity index (χ1n) is 8.74. The predicted molar refractivity (Wildman–Crippen MR) is 90.0 cm³/mol. The molecule has 24 heavy (non-hydrogen) atoms. The van der Waals surface area contributed by atoms with Gasteiger partial charge >= 0.3 is 5.97 Å². The molecular weight excluding hydrogens is 308 g/mol. The molecule has 0 amide bonds. The van der Waals surface area contributed by atoms with Crippen molar-refractivity contribution in [1.82, 2.24) is 14.9 Å². The minimum Gasteiger partial charge on any atom is -0.466 e. The van der Waals surface area contributed by atoms with Gasteiger partial charge in [0.1, 0.15) is 11.6 Å². The molecule has 0 N–H and O–H groups in total. The second-order valence-electron chi connectivity index (χ2n) is 6.20. The number of rotatable bonds is 5. The molecule has 3 rings (SSSR count). The van der Waals surface area contributed by atoms with Crippen molar-refractivity contribution < 1.29 is 14.3 Å². The molecule has 132 valence electrons. The predicted octanol–water partition coefficient (Wildman–Crippen LogP) is 0.933. The summed E-state index contributed by atoms with van der Waals surface area (Å²) in [4.78, 5) is 25.5. The minimum absolute atomic E-state index is 0.128. The third-order valence-electron chi connectivity index (χ3n) is 4.48. The summed E-state index contributed by atoms with van der Waals surface area (Å²) in [7, 11) is 0. The number of ether oxygens (including phenoxy) is 2. The van der Waals surface area contributed by atoms with Gasteiger partial charge in [-0.25, -0.2) is 9.97 Å². The largest absolute Gasteiger partial charge is 0.466 e. The lowest BCUT2D eigenvalue weighted by atomic mass is 10.0. The Kier molecular flexibility index (Phi) is 5.63. The van der Waals surface area contributed by atoms with E-state index in [9.17, 15) is 4.79 Å². The number of hydrogen-bond donors (Lipinski definition) is 0. The molecule has 0 unspecified atom stereocenters. The topological polar surface area (TPSA) is 67.8 Å². The molecule has 0 atom stereocenters. The van der Waals surface area contributed by atoms with Crippen molar-refractivity contribution in [1.29, 1.82) is 0 Å². The number of nitrogens with zero attached hydrogens (tertiary/aromatic N) is 4. The molecule has 2 aliphatic rings. The van der Waals surface area contributed by atoms with Crippen LogP contribution >= 0.6 is 0 Å². The summed E-state index contributed by atoms with van der Waals surface area (Å²) < 4.78 is 10.5. The zero-order valence-corrected chi connectivity index (χ0v) is 14.6. The van der Waals surface area contributed by atoms with Gasteiger partial charge in [-0.2, -0.15) is 0 Å². The summed E-state index contributed by atoms with van der Waals surface area (Å²) in [6.45, 7) is 9.88. The van der Waals surface area contributed by atoms with Crippen molar-refractivity contribution in [3.8, 4) is 0 Å². The zero-order valence-electron chi connectivity index (χ0n) is 14.6. The van der Waals surface area contributed by atoms with Gasteiger partial charge in [-0.3, -0.25) is 9.69 Å². The van der Waals surface area contributed by atoms with Gasteiger partial charge in [-0.1, -0.05) is 0 Å². The summed E-state index contributed by atoms with van der Waals surface area (Å²) in [5.41, 5.74) is 2.36. The molecule has 0 aromatic carbocycles. The monoisotopic (exact) mass is 334 g/mol. The number of carbonyl (C=O) groups excluding carboxylic acids is 1. The van der Waals surface area contributed by atoms with Crippen LogP contribution in [-0.2, 0) is 27.2 Å². The SMILES string of the molecule is CCOC(=O)CCN1CCc2nc(C)nc(N3CCOCC3)c2C1. The van der Waals surface area contributed by atoms with Gasteiger partial charge in [-0.05, 0) is 13.8 Å². The molecule has 1 fully saturated rings. The molecule has 0 bridgehead atoms. The molecule has 1 saturated heterocycles. The maximum Gasteiger partial charge on any atom is 0.307 e. The third-order valence-corrected chi connectivity index (χ3v) is 4.48.